The van der Waals surface area contributed by atoms with Gasteiger partial charge in [0.2, 0.25) is 0 Å². The number of aliphatic carboxylic acids is 1. The highest BCUT2D eigenvalue weighted by Gasteiger charge is 2.11. The molecule has 6 nitrogen and oxygen atoms in total. The fourth-order valence-corrected chi connectivity index (χ4v) is 2.18. The number of nitrogens with one attached hydrogen (secondary N) is 2. The first-order chi connectivity index (χ1) is 8.15. The molecule has 0 spiro atoms. The van der Waals surface area contributed by atoms with E-state index in [0.29, 0.717) is 10.8 Å². The Morgan fingerprint density at radius 1 is 1.71 bits per heavy atom. The van der Waals surface area contributed by atoms with Crippen molar-refractivity contribution >= 4 is 22.4 Å². The number of hydrogen-bond acceptors (Lipinski definition) is 5. The molecule has 2 aromatic heterocycles. The average molecular weight is 252 g/mol. The van der Waals surface area contributed by atoms with Crippen LogP contribution in [0.3, 0.4) is 0 Å². The summed E-state index contributed by atoms with van der Waals surface area (Å²) < 4.78 is 0. The van der Waals surface area contributed by atoms with Gasteiger partial charge in [-0.25, -0.2) is 9.97 Å². The van der Waals surface area contributed by atoms with Crippen LogP contribution in [0.4, 0.5) is 5.13 Å². The minimum Gasteiger partial charge on any atom is -0.481 e. The van der Waals surface area contributed by atoms with Crippen LogP contribution in [0.2, 0.25) is 0 Å². The summed E-state index contributed by atoms with van der Waals surface area (Å²) in [6.07, 6.45) is 3.39. The molecule has 0 fully saturated rings. The lowest BCUT2D eigenvalue weighted by molar-refractivity contribution is -0.136. The Hall–Kier alpha value is -1.89. The number of aromatic amines is 1. The van der Waals surface area contributed by atoms with Crippen molar-refractivity contribution in [2.45, 2.75) is 19.4 Å². The number of carbonyl (C=O) groups is 1. The van der Waals surface area contributed by atoms with Crippen LogP contribution in [-0.2, 0) is 11.2 Å². The molecule has 1 atom stereocenters. The van der Waals surface area contributed by atoms with Gasteiger partial charge in [-0.15, -0.1) is 11.3 Å². The minimum atomic E-state index is -0.874. The summed E-state index contributed by atoms with van der Waals surface area (Å²) in [6, 6.07) is 0.00817. The molecule has 0 aromatic carbocycles. The Labute approximate surface area is 102 Å². The van der Waals surface area contributed by atoms with Gasteiger partial charge in [0.05, 0.1) is 18.2 Å². The van der Waals surface area contributed by atoms with Crippen LogP contribution in [-0.4, -0.2) is 26.0 Å². The highest BCUT2D eigenvalue weighted by Crippen LogP contribution is 2.20. The topological polar surface area (TPSA) is 90.9 Å². The second-order valence-electron chi connectivity index (χ2n) is 3.55. The number of imidazole rings is 1. The van der Waals surface area contributed by atoms with Gasteiger partial charge in [0, 0.05) is 17.8 Å². The van der Waals surface area contributed by atoms with Crippen molar-refractivity contribution in [3.05, 3.63) is 29.3 Å². The summed E-state index contributed by atoms with van der Waals surface area (Å²) in [4.78, 5) is 21.8. The first kappa shape index (κ1) is 11.6. The Bertz CT molecular complexity index is 494. The third kappa shape index (κ3) is 3.04. The Kier molecular flexibility index (Phi) is 3.38. The van der Waals surface area contributed by atoms with Gasteiger partial charge in [0.1, 0.15) is 5.82 Å². The van der Waals surface area contributed by atoms with Gasteiger partial charge in [-0.05, 0) is 6.92 Å². The van der Waals surface area contributed by atoms with Crippen LogP contribution in [0.5, 0.6) is 0 Å². The van der Waals surface area contributed by atoms with E-state index in [2.05, 4.69) is 20.3 Å². The second kappa shape index (κ2) is 4.96. The normalized spacial score (nSPS) is 12.3. The third-order valence-corrected chi connectivity index (χ3v) is 2.98. The van der Waals surface area contributed by atoms with Crippen LogP contribution in [0, 0.1) is 0 Å². The first-order valence-electron chi connectivity index (χ1n) is 5.07. The van der Waals surface area contributed by atoms with Gasteiger partial charge in [0.15, 0.2) is 5.13 Å². The zero-order valence-corrected chi connectivity index (χ0v) is 9.99. The van der Waals surface area contributed by atoms with Crippen molar-refractivity contribution in [1.82, 2.24) is 15.0 Å². The Morgan fingerprint density at radius 2 is 2.53 bits per heavy atom. The van der Waals surface area contributed by atoms with Gasteiger partial charge in [-0.1, -0.05) is 0 Å². The molecule has 0 amide bonds. The number of aromatic nitrogens is 3. The molecule has 0 saturated heterocycles. The van der Waals surface area contributed by atoms with Crippen molar-refractivity contribution < 1.29 is 9.90 Å². The number of hydrogen-bond donors (Lipinski definition) is 3. The fourth-order valence-electron chi connectivity index (χ4n) is 1.38. The van der Waals surface area contributed by atoms with E-state index in [0.717, 1.165) is 5.82 Å². The number of nitrogens with zero attached hydrogens (tertiary/aromatic N) is 2. The molecular weight excluding hydrogens is 240 g/mol. The average Bonchev–Trinajstić information content (AvgIpc) is 2.87. The Balaban J connectivity index is 1.99. The summed E-state index contributed by atoms with van der Waals surface area (Å²) in [5.74, 6) is -0.0547. The van der Waals surface area contributed by atoms with Crippen LogP contribution < -0.4 is 5.32 Å². The van der Waals surface area contributed by atoms with E-state index in [1.807, 2.05) is 6.92 Å². The molecule has 2 heterocycles. The maximum atomic E-state index is 10.5. The molecule has 7 heteroatoms. The fraction of sp³-hybridized carbons (Fsp3) is 0.300. The van der Waals surface area contributed by atoms with Crippen molar-refractivity contribution in [3.8, 4) is 0 Å². The number of thiazole rings is 1. The van der Waals surface area contributed by atoms with Gasteiger partial charge >= 0.3 is 5.97 Å². The van der Waals surface area contributed by atoms with Crippen molar-refractivity contribution in [3.63, 3.8) is 0 Å². The van der Waals surface area contributed by atoms with Gasteiger partial charge in [0.25, 0.3) is 0 Å². The van der Waals surface area contributed by atoms with Crippen LogP contribution in [0.25, 0.3) is 0 Å². The van der Waals surface area contributed by atoms with Gasteiger partial charge < -0.3 is 15.4 Å². The second-order valence-corrected chi connectivity index (χ2v) is 4.41. The van der Waals surface area contributed by atoms with Gasteiger partial charge in [-0.2, -0.15) is 0 Å². The number of carboxylic acids is 1. The first-order valence-corrected chi connectivity index (χ1v) is 5.95. The molecule has 90 valence electrons. The maximum Gasteiger partial charge on any atom is 0.309 e. The number of anilines is 1. The number of H-pyrrole nitrogens is 1. The molecule has 0 saturated carbocycles. The van der Waals surface area contributed by atoms with Crippen molar-refractivity contribution in [2.75, 3.05) is 5.32 Å². The minimum absolute atomic E-state index is 0.00817. The van der Waals surface area contributed by atoms with E-state index in [1.165, 1.54) is 11.3 Å². The summed E-state index contributed by atoms with van der Waals surface area (Å²) >= 11 is 1.39. The van der Waals surface area contributed by atoms with Crippen LogP contribution in [0.1, 0.15) is 24.5 Å². The highest BCUT2D eigenvalue weighted by molar-refractivity contribution is 7.13. The summed E-state index contributed by atoms with van der Waals surface area (Å²) in [5, 5.41) is 14.2. The molecule has 1 unspecified atom stereocenters. The van der Waals surface area contributed by atoms with E-state index >= 15 is 0 Å². The predicted molar refractivity (Wildman–Crippen MR) is 64.1 cm³/mol. The molecule has 2 aromatic rings. The smallest absolute Gasteiger partial charge is 0.309 e. The molecule has 0 aliphatic heterocycles. The monoisotopic (exact) mass is 252 g/mol. The third-order valence-electron chi connectivity index (χ3n) is 2.15. The van der Waals surface area contributed by atoms with E-state index in [4.69, 9.17) is 5.11 Å². The summed E-state index contributed by atoms with van der Waals surface area (Å²) in [7, 11) is 0. The zero-order chi connectivity index (χ0) is 12.3. The van der Waals surface area contributed by atoms with Crippen LogP contribution >= 0.6 is 11.3 Å². The number of carboxylic acid groups (broad SMARTS) is 1. The Morgan fingerprint density at radius 3 is 3.18 bits per heavy atom. The molecule has 0 aliphatic carbocycles. The van der Waals surface area contributed by atoms with E-state index in [1.54, 1.807) is 17.8 Å². The molecule has 0 bridgehead atoms. The lowest BCUT2D eigenvalue weighted by Gasteiger charge is -2.09. The SMILES string of the molecule is CC(Nc1nc(CC(=O)O)cs1)c1ncc[nH]1. The zero-order valence-electron chi connectivity index (χ0n) is 9.17. The molecule has 17 heavy (non-hydrogen) atoms. The lowest BCUT2D eigenvalue weighted by atomic mass is 10.3. The van der Waals surface area contributed by atoms with Crippen molar-refractivity contribution in [1.29, 1.82) is 0 Å². The van der Waals surface area contributed by atoms with E-state index < -0.39 is 5.97 Å². The molecular formula is C10H12N4O2S. The largest absolute Gasteiger partial charge is 0.481 e. The molecule has 2 rings (SSSR count). The predicted octanol–water partition coefficient (Wildman–Crippen LogP) is 1.67. The van der Waals surface area contributed by atoms with E-state index in [9.17, 15) is 4.79 Å². The lowest BCUT2D eigenvalue weighted by Crippen LogP contribution is -2.08. The van der Waals surface area contributed by atoms with Crippen molar-refractivity contribution in [2.24, 2.45) is 0 Å². The summed E-state index contributed by atoms with van der Waals surface area (Å²) in [6.45, 7) is 1.96. The molecule has 0 aliphatic rings. The molecule has 0 radical (unpaired) electrons. The highest BCUT2D eigenvalue weighted by atomic mass is 32.1. The van der Waals surface area contributed by atoms with Gasteiger partial charge in [-0.3, -0.25) is 4.79 Å². The quantitative estimate of drug-likeness (QED) is 0.753. The number of rotatable bonds is 5. The van der Waals surface area contributed by atoms with Crippen LogP contribution in [0.15, 0.2) is 17.8 Å². The molecule has 3 N–H and O–H groups in total. The maximum absolute atomic E-state index is 10.5. The standard InChI is InChI=1S/C10H12N4O2S/c1-6(9-11-2-3-12-9)13-10-14-7(5-17-10)4-8(15)16/h2-3,5-6H,4H2,1H3,(H,11,12)(H,13,14)(H,15,16). The van der Waals surface area contributed by atoms with E-state index in [-0.39, 0.29) is 12.5 Å². The summed E-state index contributed by atoms with van der Waals surface area (Å²) in [5.41, 5.74) is 0.566.